The molecule has 1 aromatic carbocycles. The van der Waals surface area contributed by atoms with Gasteiger partial charge in [-0.05, 0) is 31.5 Å². The molecule has 0 saturated carbocycles. The van der Waals surface area contributed by atoms with Gasteiger partial charge in [-0.25, -0.2) is 13.4 Å². The van der Waals surface area contributed by atoms with Gasteiger partial charge in [-0.3, -0.25) is 0 Å². The summed E-state index contributed by atoms with van der Waals surface area (Å²) in [6.07, 6.45) is 2.44. The second-order valence-corrected chi connectivity index (χ2v) is 7.42. The van der Waals surface area contributed by atoms with E-state index in [9.17, 15) is 8.42 Å². The Kier molecular flexibility index (Phi) is 4.03. The maximum absolute atomic E-state index is 13.1. The first-order valence-electron chi connectivity index (χ1n) is 7.36. The molecule has 0 unspecified atom stereocenters. The zero-order chi connectivity index (χ0) is 15.7. The number of anilines is 1. The number of hydrogen-bond acceptors (Lipinski definition) is 5. The highest BCUT2D eigenvalue weighted by molar-refractivity contribution is 7.89. The van der Waals surface area contributed by atoms with Crippen LogP contribution >= 0.6 is 0 Å². The number of nitrogens with one attached hydrogen (secondary N) is 1. The van der Waals surface area contributed by atoms with Crippen LogP contribution in [0.2, 0.25) is 0 Å². The lowest BCUT2D eigenvalue weighted by Gasteiger charge is -2.21. The summed E-state index contributed by atoms with van der Waals surface area (Å²) >= 11 is 0. The van der Waals surface area contributed by atoms with Crippen LogP contribution in [0.25, 0.3) is 10.8 Å². The fourth-order valence-electron chi connectivity index (χ4n) is 2.87. The van der Waals surface area contributed by atoms with Gasteiger partial charge in [0.1, 0.15) is 5.82 Å². The highest BCUT2D eigenvalue weighted by Crippen LogP contribution is 2.30. The van der Waals surface area contributed by atoms with Gasteiger partial charge in [-0.2, -0.15) is 4.31 Å². The number of sulfonamides is 1. The molecule has 1 aliphatic heterocycles. The number of hydrogen-bond donors (Lipinski definition) is 2. The van der Waals surface area contributed by atoms with Gasteiger partial charge in [0.05, 0.1) is 4.90 Å². The molecule has 118 valence electrons. The van der Waals surface area contributed by atoms with Crippen LogP contribution in [-0.4, -0.2) is 43.9 Å². The third kappa shape index (κ3) is 2.55. The molecule has 0 radical (unpaired) electrons. The molecule has 22 heavy (non-hydrogen) atoms. The Hall–Kier alpha value is -1.70. The Morgan fingerprint density at radius 1 is 1.27 bits per heavy atom. The van der Waals surface area contributed by atoms with E-state index in [2.05, 4.69) is 10.3 Å². The predicted octanol–water partition coefficient (Wildman–Crippen LogP) is 1.11. The molecule has 3 rings (SSSR count). The Labute approximate surface area is 130 Å². The van der Waals surface area contributed by atoms with Gasteiger partial charge in [0.25, 0.3) is 0 Å². The smallest absolute Gasteiger partial charge is 0.243 e. The second kappa shape index (κ2) is 5.83. The topological polar surface area (TPSA) is 88.3 Å². The summed E-state index contributed by atoms with van der Waals surface area (Å²) in [6.45, 7) is 4.39. The average molecular weight is 320 g/mol. The lowest BCUT2D eigenvalue weighted by atomic mass is 10.1. The lowest BCUT2D eigenvalue weighted by molar-refractivity contribution is 0.432. The zero-order valence-corrected chi connectivity index (χ0v) is 13.4. The Morgan fingerprint density at radius 3 is 2.91 bits per heavy atom. The number of aromatic nitrogens is 1. The number of nitrogens with zero attached hydrogens (tertiary/aromatic N) is 2. The number of pyridine rings is 1. The van der Waals surface area contributed by atoms with E-state index in [1.807, 2.05) is 13.0 Å². The summed E-state index contributed by atoms with van der Waals surface area (Å²) in [5, 5.41) is 4.58. The first-order chi connectivity index (χ1) is 10.5. The van der Waals surface area contributed by atoms with Crippen molar-refractivity contribution in [3.8, 4) is 0 Å². The normalized spacial score (nSPS) is 17.5. The molecule has 0 spiro atoms. The molecular formula is C15H20N4O2S. The van der Waals surface area contributed by atoms with E-state index in [1.54, 1.807) is 22.6 Å². The highest BCUT2D eigenvalue weighted by atomic mass is 32.2. The van der Waals surface area contributed by atoms with Crippen LogP contribution in [0, 0.1) is 6.92 Å². The van der Waals surface area contributed by atoms with E-state index in [0.29, 0.717) is 41.1 Å². The third-order valence-corrected chi connectivity index (χ3v) is 5.95. The van der Waals surface area contributed by atoms with Crippen molar-refractivity contribution >= 4 is 26.6 Å². The van der Waals surface area contributed by atoms with Gasteiger partial charge in [0, 0.05) is 36.6 Å². The number of aryl methyl sites for hydroxylation is 1. The molecule has 1 saturated heterocycles. The predicted molar refractivity (Wildman–Crippen MR) is 87.1 cm³/mol. The quantitative estimate of drug-likeness (QED) is 0.865. The molecular weight excluding hydrogens is 300 g/mol. The Balaban J connectivity index is 2.18. The van der Waals surface area contributed by atoms with Crippen LogP contribution in [0.4, 0.5) is 5.82 Å². The molecule has 0 atom stereocenters. The van der Waals surface area contributed by atoms with Crippen molar-refractivity contribution in [3.63, 3.8) is 0 Å². The Bertz CT molecular complexity index is 797. The number of rotatable bonds is 2. The minimum atomic E-state index is -3.54. The van der Waals surface area contributed by atoms with Crippen LogP contribution in [0.3, 0.4) is 0 Å². The summed E-state index contributed by atoms with van der Waals surface area (Å²) in [4.78, 5) is 4.43. The number of nitrogen functional groups attached to an aromatic ring is 1. The largest absolute Gasteiger partial charge is 0.383 e. The summed E-state index contributed by atoms with van der Waals surface area (Å²) in [6, 6.07) is 5.19. The van der Waals surface area contributed by atoms with Crippen LogP contribution in [0.1, 0.15) is 12.0 Å². The second-order valence-electron chi connectivity index (χ2n) is 5.51. The van der Waals surface area contributed by atoms with E-state index >= 15 is 0 Å². The van der Waals surface area contributed by atoms with Crippen molar-refractivity contribution in [1.29, 1.82) is 0 Å². The molecule has 7 heteroatoms. The first-order valence-corrected chi connectivity index (χ1v) is 8.80. The zero-order valence-electron chi connectivity index (χ0n) is 12.5. The maximum Gasteiger partial charge on any atom is 0.243 e. The fraction of sp³-hybridized carbons (Fsp3) is 0.400. The number of fused-ring (bicyclic) bond motifs is 1. The van der Waals surface area contributed by atoms with Gasteiger partial charge < -0.3 is 11.1 Å². The van der Waals surface area contributed by atoms with E-state index in [0.717, 1.165) is 18.5 Å². The average Bonchev–Trinajstić information content (AvgIpc) is 2.80. The highest BCUT2D eigenvalue weighted by Gasteiger charge is 2.27. The van der Waals surface area contributed by atoms with Gasteiger partial charge in [0.15, 0.2) is 0 Å². The summed E-state index contributed by atoms with van der Waals surface area (Å²) in [5.74, 6) is 0.357. The van der Waals surface area contributed by atoms with Crippen molar-refractivity contribution in [2.75, 3.05) is 31.9 Å². The fourth-order valence-corrected chi connectivity index (χ4v) is 4.63. The van der Waals surface area contributed by atoms with Crippen molar-refractivity contribution in [2.24, 2.45) is 0 Å². The summed E-state index contributed by atoms with van der Waals surface area (Å²) in [5.41, 5.74) is 6.73. The van der Waals surface area contributed by atoms with E-state index in [4.69, 9.17) is 5.73 Å². The molecule has 1 aromatic heterocycles. The van der Waals surface area contributed by atoms with Crippen LogP contribution in [-0.2, 0) is 10.0 Å². The molecule has 2 heterocycles. The molecule has 0 bridgehead atoms. The summed E-state index contributed by atoms with van der Waals surface area (Å²) < 4.78 is 27.7. The van der Waals surface area contributed by atoms with E-state index in [1.165, 1.54) is 0 Å². The molecule has 1 fully saturated rings. The lowest BCUT2D eigenvalue weighted by Crippen LogP contribution is -2.34. The molecule has 0 aliphatic carbocycles. The van der Waals surface area contributed by atoms with Gasteiger partial charge in [-0.1, -0.05) is 12.1 Å². The van der Waals surface area contributed by atoms with Crippen molar-refractivity contribution in [3.05, 3.63) is 30.0 Å². The van der Waals surface area contributed by atoms with Crippen molar-refractivity contribution in [2.45, 2.75) is 18.2 Å². The minimum Gasteiger partial charge on any atom is -0.383 e. The van der Waals surface area contributed by atoms with E-state index in [-0.39, 0.29) is 0 Å². The number of benzene rings is 1. The Morgan fingerprint density at radius 2 is 2.09 bits per heavy atom. The third-order valence-electron chi connectivity index (χ3n) is 4.01. The minimum absolute atomic E-state index is 0.318. The van der Waals surface area contributed by atoms with Gasteiger partial charge in [-0.15, -0.1) is 0 Å². The van der Waals surface area contributed by atoms with Crippen molar-refractivity contribution < 1.29 is 8.42 Å². The monoisotopic (exact) mass is 320 g/mol. The molecule has 0 amide bonds. The van der Waals surface area contributed by atoms with Crippen LogP contribution in [0.15, 0.2) is 29.3 Å². The summed E-state index contributed by atoms with van der Waals surface area (Å²) in [7, 11) is -3.54. The van der Waals surface area contributed by atoms with Crippen molar-refractivity contribution in [1.82, 2.24) is 14.6 Å². The molecule has 3 N–H and O–H groups in total. The SMILES string of the molecule is Cc1cnc(N)c2cccc(S(=O)(=O)N3CCCNCC3)c12. The number of nitrogens with two attached hydrogens (primary N) is 1. The van der Waals surface area contributed by atoms with Gasteiger partial charge in [0.2, 0.25) is 10.0 Å². The molecule has 1 aliphatic rings. The van der Waals surface area contributed by atoms with Crippen LogP contribution in [0.5, 0.6) is 0 Å². The van der Waals surface area contributed by atoms with E-state index < -0.39 is 10.0 Å². The van der Waals surface area contributed by atoms with Crippen LogP contribution < -0.4 is 11.1 Å². The maximum atomic E-state index is 13.1. The molecule has 6 nitrogen and oxygen atoms in total. The molecule has 2 aromatic rings. The first kappa shape index (κ1) is 15.2. The standard InChI is InChI=1S/C15H20N4O2S/c1-11-10-18-15(16)12-4-2-5-13(14(11)12)22(20,21)19-8-3-6-17-7-9-19/h2,4-5,10,17H,3,6-9H2,1H3,(H2,16,18). The van der Waals surface area contributed by atoms with Gasteiger partial charge >= 0.3 is 0 Å².